The molecule has 0 amide bonds. The molecule has 30 heavy (non-hydrogen) atoms. The Balaban J connectivity index is 1.56. The number of aryl methyl sites for hydroxylation is 2. The van der Waals surface area contributed by atoms with Gasteiger partial charge < -0.3 is 19.4 Å². The van der Waals surface area contributed by atoms with Crippen molar-refractivity contribution < 1.29 is 19.1 Å². The van der Waals surface area contributed by atoms with Gasteiger partial charge in [-0.3, -0.25) is 9.59 Å². The molecular weight excluding hydrogens is 380 g/mol. The molecule has 0 saturated carbocycles. The van der Waals surface area contributed by atoms with Crippen LogP contribution in [0.15, 0.2) is 36.5 Å². The number of aromatic amines is 1. The van der Waals surface area contributed by atoms with E-state index in [1.165, 1.54) is 30.7 Å². The van der Waals surface area contributed by atoms with Crippen LogP contribution in [0.1, 0.15) is 37.0 Å². The zero-order valence-corrected chi connectivity index (χ0v) is 17.6. The second-order valence-electron chi connectivity index (χ2n) is 7.80. The number of anilines is 1. The number of nitrogens with zero attached hydrogens (tertiary/aromatic N) is 1. The quantitative estimate of drug-likeness (QED) is 0.491. The highest BCUT2D eigenvalue weighted by atomic mass is 16.5. The third kappa shape index (κ3) is 4.03. The highest BCUT2D eigenvalue weighted by Gasteiger charge is 2.23. The standard InChI is InChI=1S/C24H26N2O4/c1-15(27)29-20-9-7-17(8-10-20)5-4-6-18-13-21-22-19(11-12-26(21)3)14-25-23(22)24(18)30-16(2)28/h7-10,13-14,25H,4-6,11-12H2,1-3H3. The molecule has 0 radical (unpaired) electrons. The molecule has 0 bridgehead atoms. The monoisotopic (exact) mass is 406 g/mol. The third-order valence-corrected chi connectivity index (χ3v) is 5.52. The van der Waals surface area contributed by atoms with E-state index in [4.69, 9.17) is 9.47 Å². The van der Waals surface area contributed by atoms with Gasteiger partial charge in [0.25, 0.3) is 0 Å². The van der Waals surface area contributed by atoms with E-state index in [0.29, 0.717) is 11.5 Å². The summed E-state index contributed by atoms with van der Waals surface area (Å²) in [4.78, 5) is 28.4. The number of hydrogen-bond acceptors (Lipinski definition) is 5. The van der Waals surface area contributed by atoms with Crippen LogP contribution < -0.4 is 14.4 Å². The highest BCUT2D eigenvalue weighted by Crippen LogP contribution is 2.41. The van der Waals surface area contributed by atoms with Crippen molar-refractivity contribution in [2.45, 2.75) is 39.5 Å². The molecule has 1 aliphatic heterocycles. The summed E-state index contributed by atoms with van der Waals surface area (Å²) in [5.74, 6) is 0.567. The summed E-state index contributed by atoms with van der Waals surface area (Å²) in [6, 6.07) is 9.74. The van der Waals surface area contributed by atoms with Crippen LogP contribution in [0.5, 0.6) is 11.5 Å². The number of benzene rings is 2. The average Bonchev–Trinajstić information content (AvgIpc) is 3.12. The number of carbonyl (C=O) groups excluding carboxylic acids is 2. The third-order valence-electron chi connectivity index (χ3n) is 5.52. The largest absolute Gasteiger partial charge is 0.427 e. The van der Waals surface area contributed by atoms with Gasteiger partial charge in [0.2, 0.25) is 0 Å². The Kier molecular flexibility index (Phi) is 5.48. The Labute approximate surface area is 175 Å². The lowest BCUT2D eigenvalue weighted by atomic mass is 9.97. The Morgan fingerprint density at radius 1 is 1.07 bits per heavy atom. The minimum Gasteiger partial charge on any atom is -0.427 e. The predicted octanol–water partition coefficient (Wildman–Crippen LogP) is 4.19. The van der Waals surface area contributed by atoms with Gasteiger partial charge in [-0.25, -0.2) is 0 Å². The number of carbonyl (C=O) groups is 2. The molecule has 0 spiro atoms. The van der Waals surface area contributed by atoms with E-state index in [0.717, 1.165) is 48.7 Å². The SMILES string of the molecule is CC(=O)Oc1ccc(CCCc2cc3c4c(c[nH]c4c2OC(C)=O)CCN3C)cc1. The van der Waals surface area contributed by atoms with Crippen molar-refractivity contribution in [2.75, 3.05) is 18.5 Å². The molecule has 1 N–H and O–H groups in total. The number of aromatic nitrogens is 1. The summed E-state index contributed by atoms with van der Waals surface area (Å²) in [6.45, 7) is 3.81. The van der Waals surface area contributed by atoms with Crippen LogP contribution in [0.4, 0.5) is 5.69 Å². The maximum atomic E-state index is 11.8. The number of ether oxygens (including phenoxy) is 2. The summed E-state index contributed by atoms with van der Waals surface area (Å²) < 4.78 is 10.7. The number of nitrogens with one attached hydrogen (secondary N) is 1. The van der Waals surface area contributed by atoms with E-state index >= 15 is 0 Å². The first kappa shape index (κ1) is 20.0. The molecule has 156 valence electrons. The van der Waals surface area contributed by atoms with E-state index in [9.17, 15) is 9.59 Å². The lowest BCUT2D eigenvalue weighted by molar-refractivity contribution is -0.132. The molecule has 2 aromatic carbocycles. The lowest BCUT2D eigenvalue weighted by Gasteiger charge is -2.27. The molecule has 3 aromatic rings. The topological polar surface area (TPSA) is 71.6 Å². The summed E-state index contributed by atoms with van der Waals surface area (Å²) in [6.07, 6.45) is 5.58. The van der Waals surface area contributed by atoms with Gasteiger partial charge in [0.05, 0.1) is 5.52 Å². The normalized spacial score (nSPS) is 12.8. The predicted molar refractivity (Wildman–Crippen MR) is 116 cm³/mol. The molecule has 6 heteroatoms. The van der Waals surface area contributed by atoms with Gasteiger partial charge in [0.1, 0.15) is 5.75 Å². The maximum absolute atomic E-state index is 11.8. The van der Waals surface area contributed by atoms with Crippen molar-refractivity contribution in [3.8, 4) is 11.5 Å². The van der Waals surface area contributed by atoms with E-state index in [1.54, 1.807) is 0 Å². The van der Waals surface area contributed by atoms with Gasteiger partial charge >= 0.3 is 11.9 Å². The van der Waals surface area contributed by atoms with Gasteiger partial charge in [-0.15, -0.1) is 0 Å². The molecule has 0 saturated heterocycles. The van der Waals surface area contributed by atoms with Gasteiger partial charge in [-0.05, 0) is 60.6 Å². The molecule has 0 aliphatic carbocycles. The number of H-pyrrole nitrogens is 1. The Hall–Kier alpha value is -3.28. The minimum atomic E-state index is -0.322. The Morgan fingerprint density at radius 3 is 2.50 bits per heavy atom. The first-order valence-electron chi connectivity index (χ1n) is 10.2. The minimum absolute atomic E-state index is 0.312. The van der Waals surface area contributed by atoms with Gasteiger partial charge in [-0.2, -0.15) is 0 Å². The number of likely N-dealkylation sites (N-methyl/N-ethyl adjacent to an activating group) is 1. The number of esters is 2. The molecule has 1 aromatic heterocycles. The average molecular weight is 406 g/mol. The van der Waals surface area contributed by atoms with Crippen LogP contribution in [-0.2, 0) is 28.9 Å². The zero-order chi connectivity index (χ0) is 21.3. The fourth-order valence-electron chi connectivity index (χ4n) is 4.13. The first-order valence-corrected chi connectivity index (χ1v) is 10.2. The van der Waals surface area contributed by atoms with Crippen molar-refractivity contribution >= 4 is 28.5 Å². The summed E-state index contributed by atoms with van der Waals surface area (Å²) in [5, 5.41) is 1.16. The van der Waals surface area contributed by atoms with Gasteiger partial charge in [0, 0.05) is 44.7 Å². The van der Waals surface area contributed by atoms with Gasteiger partial charge in [-0.1, -0.05) is 12.1 Å². The zero-order valence-electron chi connectivity index (χ0n) is 17.6. The fourth-order valence-corrected chi connectivity index (χ4v) is 4.13. The molecule has 0 atom stereocenters. The van der Waals surface area contributed by atoms with Crippen molar-refractivity contribution in [3.63, 3.8) is 0 Å². The number of hydrogen-bond donors (Lipinski definition) is 1. The van der Waals surface area contributed by atoms with Crippen molar-refractivity contribution in [3.05, 3.63) is 53.2 Å². The van der Waals surface area contributed by atoms with Gasteiger partial charge in [0.15, 0.2) is 5.75 Å². The molecule has 2 heterocycles. The second-order valence-corrected chi connectivity index (χ2v) is 7.80. The van der Waals surface area contributed by atoms with Crippen LogP contribution >= 0.6 is 0 Å². The Morgan fingerprint density at radius 2 is 1.80 bits per heavy atom. The van der Waals surface area contributed by atoms with Crippen LogP contribution in [0.2, 0.25) is 0 Å². The smallest absolute Gasteiger partial charge is 0.308 e. The first-order chi connectivity index (χ1) is 14.4. The highest BCUT2D eigenvalue weighted by molar-refractivity contribution is 6.01. The van der Waals surface area contributed by atoms with Crippen molar-refractivity contribution in [2.24, 2.45) is 0 Å². The van der Waals surface area contributed by atoms with Crippen LogP contribution in [0.25, 0.3) is 10.9 Å². The molecule has 1 aliphatic rings. The van der Waals surface area contributed by atoms with E-state index < -0.39 is 0 Å². The van der Waals surface area contributed by atoms with Crippen molar-refractivity contribution in [1.29, 1.82) is 0 Å². The van der Waals surface area contributed by atoms with Crippen LogP contribution in [-0.4, -0.2) is 30.5 Å². The molecule has 4 rings (SSSR count). The molecule has 6 nitrogen and oxygen atoms in total. The van der Waals surface area contributed by atoms with E-state index in [2.05, 4.69) is 23.0 Å². The molecule has 0 unspecified atom stereocenters. The molecular formula is C24H26N2O4. The van der Waals surface area contributed by atoms with Crippen LogP contribution in [0, 0.1) is 0 Å². The lowest BCUT2D eigenvalue weighted by Crippen LogP contribution is -2.24. The maximum Gasteiger partial charge on any atom is 0.308 e. The molecule has 0 fully saturated rings. The fraction of sp³-hybridized carbons (Fsp3) is 0.333. The van der Waals surface area contributed by atoms with Crippen LogP contribution in [0.3, 0.4) is 0 Å². The Bertz CT molecular complexity index is 1100. The summed E-state index contributed by atoms with van der Waals surface area (Å²) >= 11 is 0. The van der Waals surface area contributed by atoms with Crippen molar-refractivity contribution in [1.82, 2.24) is 4.98 Å². The van der Waals surface area contributed by atoms with E-state index in [1.807, 2.05) is 30.5 Å². The number of rotatable bonds is 6. The summed E-state index contributed by atoms with van der Waals surface area (Å²) in [7, 11) is 2.10. The van der Waals surface area contributed by atoms with E-state index in [-0.39, 0.29) is 11.9 Å². The summed E-state index contributed by atoms with van der Waals surface area (Å²) in [5.41, 5.74) is 5.56. The second kappa shape index (κ2) is 8.22.